The Kier molecular flexibility index (Phi) is 5.41. The molecule has 8 heteroatoms. The molecule has 2 N–H and O–H groups in total. The molecule has 0 aliphatic heterocycles. The lowest BCUT2D eigenvalue weighted by atomic mass is 10.2. The number of benzene rings is 2. The van der Waals surface area contributed by atoms with Gasteiger partial charge in [-0.1, -0.05) is 11.6 Å². The van der Waals surface area contributed by atoms with Gasteiger partial charge in [0, 0.05) is 21.5 Å². The minimum atomic E-state index is -0.463. The van der Waals surface area contributed by atoms with E-state index >= 15 is 0 Å². The zero-order valence-electron chi connectivity index (χ0n) is 13.9. The van der Waals surface area contributed by atoms with Crippen LogP contribution < -0.4 is 10.6 Å². The lowest BCUT2D eigenvalue weighted by Gasteiger charge is -2.12. The number of carbonyl (C=O) groups excluding carboxylic acids is 1. The number of ether oxygens (including phenoxy) is 1. The van der Waals surface area contributed by atoms with E-state index in [9.17, 15) is 9.18 Å². The summed E-state index contributed by atoms with van der Waals surface area (Å²) in [5.74, 6) is -0.761. The van der Waals surface area contributed by atoms with Crippen LogP contribution >= 0.6 is 35.2 Å². The van der Waals surface area contributed by atoms with Crippen molar-refractivity contribution in [3.63, 3.8) is 0 Å². The first kappa shape index (κ1) is 18.6. The number of hydrogen-bond acceptors (Lipinski definition) is 4. The number of aryl methyl sites for hydroxylation is 1. The van der Waals surface area contributed by atoms with Crippen molar-refractivity contribution in [2.75, 3.05) is 17.7 Å². The summed E-state index contributed by atoms with van der Waals surface area (Å²) in [6, 6.07) is 9.90. The van der Waals surface area contributed by atoms with Gasteiger partial charge in [-0.15, -0.1) is 11.3 Å². The van der Waals surface area contributed by atoms with Crippen molar-refractivity contribution in [1.29, 1.82) is 0 Å². The predicted molar refractivity (Wildman–Crippen MR) is 109 cm³/mol. The smallest absolute Gasteiger partial charge is 0.349 e. The Hall–Kier alpha value is -2.22. The topological polar surface area (TPSA) is 50.4 Å². The third-order valence-electron chi connectivity index (χ3n) is 3.69. The molecule has 26 heavy (non-hydrogen) atoms. The third-order valence-corrected chi connectivity index (χ3v) is 5.54. The number of carbonyl (C=O) groups is 1. The standard InChI is InChI=1S/C18H14ClFN2O2S2/c1-9-7-10(20)3-6-13(9)22-18(25)21-11-4-5-12-14(8-11)26-16(15(12)19)17(23)24-2/h3-8H,1-2H3,(H2,21,22,25). The van der Waals surface area contributed by atoms with E-state index in [1.54, 1.807) is 13.0 Å². The quantitative estimate of drug-likeness (QED) is 0.436. The van der Waals surface area contributed by atoms with Gasteiger partial charge < -0.3 is 15.4 Å². The number of nitrogens with one attached hydrogen (secondary N) is 2. The molecule has 0 fully saturated rings. The van der Waals surface area contributed by atoms with Crippen LogP contribution in [0.15, 0.2) is 36.4 Å². The Morgan fingerprint density at radius 3 is 2.69 bits per heavy atom. The maximum absolute atomic E-state index is 13.2. The molecule has 0 aliphatic rings. The zero-order chi connectivity index (χ0) is 18.8. The SMILES string of the molecule is COC(=O)c1sc2cc(NC(=S)Nc3ccc(F)cc3C)ccc2c1Cl. The van der Waals surface area contributed by atoms with E-state index in [2.05, 4.69) is 10.6 Å². The largest absolute Gasteiger partial charge is 0.465 e. The second kappa shape index (κ2) is 7.57. The fourth-order valence-corrected chi connectivity index (χ4v) is 4.11. The van der Waals surface area contributed by atoms with Crippen molar-refractivity contribution in [3.8, 4) is 0 Å². The highest BCUT2D eigenvalue weighted by Gasteiger charge is 2.17. The van der Waals surface area contributed by atoms with Crippen LogP contribution in [-0.4, -0.2) is 18.2 Å². The molecule has 134 valence electrons. The van der Waals surface area contributed by atoms with Crippen LogP contribution in [0.25, 0.3) is 10.1 Å². The highest BCUT2D eigenvalue weighted by Crippen LogP contribution is 2.37. The van der Waals surface area contributed by atoms with Crippen LogP contribution in [0, 0.1) is 12.7 Å². The number of rotatable bonds is 3. The summed E-state index contributed by atoms with van der Waals surface area (Å²) < 4.78 is 18.8. The number of fused-ring (bicyclic) bond motifs is 1. The first-order valence-electron chi connectivity index (χ1n) is 7.53. The van der Waals surface area contributed by atoms with Gasteiger partial charge in [-0.2, -0.15) is 0 Å². The van der Waals surface area contributed by atoms with Crippen molar-refractivity contribution in [2.45, 2.75) is 6.92 Å². The highest BCUT2D eigenvalue weighted by atomic mass is 35.5. The number of esters is 1. The van der Waals surface area contributed by atoms with Crippen LogP contribution in [0.1, 0.15) is 15.2 Å². The van der Waals surface area contributed by atoms with E-state index in [1.807, 2.05) is 18.2 Å². The van der Waals surface area contributed by atoms with Crippen LogP contribution in [0.4, 0.5) is 15.8 Å². The monoisotopic (exact) mass is 408 g/mol. The minimum absolute atomic E-state index is 0.298. The Balaban J connectivity index is 1.80. The summed E-state index contributed by atoms with van der Waals surface area (Å²) in [7, 11) is 1.32. The number of thiophene rings is 1. The number of hydrogen-bond donors (Lipinski definition) is 2. The number of anilines is 2. The van der Waals surface area contributed by atoms with E-state index in [0.29, 0.717) is 15.0 Å². The molecule has 0 atom stereocenters. The number of methoxy groups -OCH3 is 1. The van der Waals surface area contributed by atoms with Gasteiger partial charge in [0.25, 0.3) is 0 Å². The second-order valence-electron chi connectivity index (χ2n) is 5.49. The van der Waals surface area contributed by atoms with Gasteiger partial charge in [-0.05, 0) is 61.1 Å². The zero-order valence-corrected chi connectivity index (χ0v) is 16.2. The summed E-state index contributed by atoms with van der Waals surface area (Å²) in [6.07, 6.45) is 0. The Morgan fingerprint density at radius 1 is 1.23 bits per heavy atom. The van der Waals surface area contributed by atoms with E-state index in [1.165, 1.54) is 30.6 Å². The van der Waals surface area contributed by atoms with E-state index < -0.39 is 5.97 Å². The molecule has 4 nitrogen and oxygen atoms in total. The van der Waals surface area contributed by atoms with Gasteiger partial charge in [0.2, 0.25) is 0 Å². The van der Waals surface area contributed by atoms with Crippen molar-refractivity contribution in [2.24, 2.45) is 0 Å². The summed E-state index contributed by atoms with van der Waals surface area (Å²) in [5.41, 5.74) is 2.21. The van der Waals surface area contributed by atoms with Gasteiger partial charge in [0.1, 0.15) is 10.7 Å². The maximum Gasteiger partial charge on any atom is 0.349 e. The van der Waals surface area contributed by atoms with Gasteiger partial charge in [-0.25, -0.2) is 9.18 Å². The van der Waals surface area contributed by atoms with Crippen molar-refractivity contribution in [3.05, 3.63) is 57.7 Å². The van der Waals surface area contributed by atoms with Crippen LogP contribution in [-0.2, 0) is 4.74 Å². The second-order valence-corrected chi connectivity index (χ2v) is 7.32. The molecule has 3 rings (SSSR count). The Bertz CT molecular complexity index is 1020. The number of halogens is 2. The van der Waals surface area contributed by atoms with Crippen molar-refractivity contribution >= 4 is 67.7 Å². The predicted octanol–water partition coefficient (Wildman–Crippen LogP) is 5.60. The van der Waals surface area contributed by atoms with Gasteiger partial charge in [0.05, 0.1) is 12.1 Å². The lowest BCUT2D eigenvalue weighted by Crippen LogP contribution is -2.19. The molecule has 2 aromatic carbocycles. The van der Waals surface area contributed by atoms with Crippen LogP contribution in [0.3, 0.4) is 0 Å². The normalized spacial score (nSPS) is 10.6. The van der Waals surface area contributed by atoms with Gasteiger partial charge in [-0.3, -0.25) is 0 Å². The van der Waals surface area contributed by atoms with Crippen LogP contribution in [0.2, 0.25) is 5.02 Å². The summed E-state index contributed by atoms with van der Waals surface area (Å²) in [4.78, 5) is 12.1. The highest BCUT2D eigenvalue weighted by molar-refractivity contribution is 7.80. The molecule has 0 spiro atoms. The Morgan fingerprint density at radius 2 is 2.00 bits per heavy atom. The molecule has 0 aliphatic carbocycles. The molecule has 0 saturated carbocycles. The van der Waals surface area contributed by atoms with Gasteiger partial charge in [0.15, 0.2) is 5.11 Å². The molecule has 1 heterocycles. The molecule has 0 radical (unpaired) electrons. The van der Waals surface area contributed by atoms with E-state index in [-0.39, 0.29) is 5.82 Å². The molecular formula is C18H14ClFN2O2S2. The van der Waals surface area contributed by atoms with Crippen LogP contribution in [0.5, 0.6) is 0 Å². The third kappa shape index (κ3) is 3.80. The fourth-order valence-electron chi connectivity index (χ4n) is 2.42. The van der Waals surface area contributed by atoms with Gasteiger partial charge >= 0.3 is 5.97 Å². The molecule has 0 amide bonds. The minimum Gasteiger partial charge on any atom is -0.465 e. The Labute approximate surface area is 163 Å². The summed E-state index contributed by atoms with van der Waals surface area (Å²) in [6.45, 7) is 1.79. The van der Waals surface area contributed by atoms with Crippen molar-refractivity contribution in [1.82, 2.24) is 0 Å². The summed E-state index contributed by atoms with van der Waals surface area (Å²) >= 11 is 12.8. The van der Waals surface area contributed by atoms with Crippen molar-refractivity contribution < 1.29 is 13.9 Å². The maximum atomic E-state index is 13.2. The molecular weight excluding hydrogens is 395 g/mol. The summed E-state index contributed by atoms with van der Waals surface area (Å²) in [5, 5.41) is 7.63. The molecule has 3 aromatic rings. The lowest BCUT2D eigenvalue weighted by molar-refractivity contribution is 0.0606. The van der Waals surface area contributed by atoms with E-state index in [0.717, 1.165) is 27.0 Å². The molecule has 0 bridgehead atoms. The average Bonchev–Trinajstić information content (AvgIpc) is 2.93. The number of thiocarbonyl (C=S) groups is 1. The fraction of sp³-hybridized carbons (Fsp3) is 0.111. The molecule has 1 aromatic heterocycles. The van der Waals surface area contributed by atoms with E-state index in [4.69, 9.17) is 28.6 Å². The molecule has 0 saturated heterocycles. The molecule has 0 unspecified atom stereocenters. The first-order chi connectivity index (χ1) is 12.4. The first-order valence-corrected chi connectivity index (χ1v) is 9.14. The average molecular weight is 409 g/mol.